The second kappa shape index (κ2) is 11.8. The minimum Gasteiger partial charge on any atom is -0.426 e. The van der Waals surface area contributed by atoms with Crippen molar-refractivity contribution >= 4 is 23.3 Å². The first-order valence-electron chi connectivity index (χ1n) is 14.1. The predicted molar refractivity (Wildman–Crippen MR) is 160 cm³/mol. The van der Waals surface area contributed by atoms with E-state index < -0.39 is 35.1 Å². The number of benzene rings is 3. The van der Waals surface area contributed by atoms with E-state index in [1.807, 2.05) is 6.92 Å². The van der Waals surface area contributed by atoms with E-state index in [0.29, 0.717) is 39.6 Å². The predicted octanol–water partition coefficient (Wildman–Crippen LogP) is 8.71. The van der Waals surface area contributed by atoms with Gasteiger partial charge in [-0.05, 0) is 108 Å². The number of carbonyl (C=O) groups is 2. The highest BCUT2D eigenvalue weighted by molar-refractivity contribution is 5.80. The summed E-state index contributed by atoms with van der Waals surface area (Å²) >= 11 is 0. The first-order valence-corrected chi connectivity index (χ1v) is 14.1. The second-order valence-electron chi connectivity index (χ2n) is 12.5. The molecule has 1 aliphatic rings. The zero-order valence-corrected chi connectivity index (χ0v) is 25.5. The van der Waals surface area contributed by atoms with Gasteiger partial charge in [0, 0.05) is 5.56 Å². The Morgan fingerprint density at radius 2 is 1.19 bits per heavy atom. The zero-order chi connectivity index (χ0) is 31.7. The van der Waals surface area contributed by atoms with Gasteiger partial charge < -0.3 is 9.47 Å². The molecule has 1 aliphatic heterocycles. The topological polar surface area (TPSA) is 59.1 Å². The molecule has 1 atom stereocenters. The van der Waals surface area contributed by atoms with Crippen molar-refractivity contribution in [2.24, 2.45) is 10.8 Å². The first-order chi connectivity index (χ1) is 20.0. The van der Waals surface area contributed by atoms with Gasteiger partial charge in [-0.15, -0.1) is 13.2 Å². The molecule has 9 heteroatoms. The molecular formula is C34H37F3N2O4. The van der Waals surface area contributed by atoms with E-state index >= 15 is 13.2 Å². The molecule has 228 valence electrons. The number of carbonyl (C=O) groups excluding carboxylic acids is 2. The van der Waals surface area contributed by atoms with Crippen molar-refractivity contribution in [3.63, 3.8) is 0 Å². The van der Waals surface area contributed by atoms with Crippen LogP contribution in [-0.2, 0) is 9.59 Å². The molecule has 43 heavy (non-hydrogen) atoms. The van der Waals surface area contributed by atoms with Gasteiger partial charge in [0.25, 0.3) is 0 Å². The summed E-state index contributed by atoms with van der Waals surface area (Å²) in [6.07, 6.45) is -4.46. The third-order valence-corrected chi connectivity index (χ3v) is 6.92. The lowest BCUT2D eigenvalue weighted by atomic mass is 9.93. The van der Waals surface area contributed by atoms with Crippen molar-refractivity contribution in [3.8, 4) is 11.5 Å². The Kier molecular flexibility index (Phi) is 8.67. The third kappa shape index (κ3) is 6.87. The molecule has 4 rings (SSSR count). The summed E-state index contributed by atoms with van der Waals surface area (Å²) in [5, 5.41) is 1.63. The van der Waals surface area contributed by atoms with E-state index in [-0.39, 0.29) is 11.4 Å². The number of hydrazine groups is 1. The van der Waals surface area contributed by atoms with Gasteiger partial charge in [0.05, 0.1) is 28.3 Å². The molecular weight excluding hydrogens is 557 g/mol. The van der Waals surface area contributed by atoms with Crippen molar-refractivity contribution in [2.45, 2.75) is 67.2 Å². The Bertz CT molecular complexity index is 1480. The Hall–Kier alpha value is -4.27. The largest absolute Gasteiger partial charge is 0.503 e. The van der Waals surface area contributed by atoms with E-state index in [1.54, 1.807) is 96.1 Å². The lowest BCUT2D eigenvalue weighted by Crippen LogP contribution is -2.47. The number of para-hydroxylation sites is 1. The van der Waals surface area contributed by atoms with Gasteiger partial charge in [0.15, 0.2) is 0 Å². The van der Waals surface area contributed by atoms with Gasteiger partial charge in [0.2, 0.25) is 0 Å². The average molecular weight is 595 g/mol. The number of ether oxygens (including phenoxy) is 2. The van der Waals surface area contributed by atoms with E-state index in [2.05, 4.69) is 0 Å². The molecule has 0 amide bonds. The second-order valence-corrected chi connectivity index (χ2v) is 12.5. The molecule has 0 fully saturated rings. The molecule has 0 saturated carbocycles. The van der Waals surface area contributed by atoms with Gasteiger partial charge in [-0.3, -0.25) is 14.6 Å². The maximum atomic E-state index is 15.1. The van der Waals surface area contributed by atoms with Gasteiger partial charge in [0.1, 0.15) is 11.5 Å². The highest BCUT2D eigenvalue weighted by Gasteiger charge is 2.52. The number of hydrogen-bond donors (Lipinski definition) is 0. The fourth-order valence-electron chi connectivity index (χ4n) is 4.66. The van der Waals surface area contributed by atoms with Crippen LogP contribution in [0.5, 0.6) is 11.5 Å². The normalized spacial score (nSPS) is 16.0. The quantitative estimate of drug-likeness (QED) is 0.162. The number of esters is 2. The van der Waals surface area contributed by atoms with Crippen LogP contribution in [0.25, 0.3) is 5.70 Å². The molecule has 0 aromatic heterocycles. The lowest BCUT2D eigenvalue weighted by Gasteiger charge is -2.38. The van der Waals surface area contributed by atoms with Crippen LogP contribution in [0.2, 0.25) is 0 Å². The van der Waals surface area contributed by atoms with Crippen LogP contribution in [0, 0.1) is 10.8 Å². The SMILES string of the molecule is CCC1=C(c2ccc(OC(=O)C(C)(C)C)cc2)N(C(F)(F)F)N(c2ccccc2)C1c1ccc(OC(=O)C(C)(C)C)cc1. The summed E-state index contributed by atoms with van der Waals surface area (Å²) < 4.78 is 56.1. The molecule has 1 unspecified atom stereocenters. The smallest absolute Gasteiger partial charge is 0.426 e. The van der Waals surface area contributed by atoms with E-state index in [4.69, 9.17) is 9.47 Å². The summed E-state index contributed by atoms with van der Waals surface area (Å²) in [6.45, 7) is 12.2. The average Bonchev–Trinajstić information content (AvgIpc) is 3.29. The number of rotatable bonds is 6. The van der Waals surface area contributed by atoms with Crippen LogP contribution in [0.15, 0.2) is 84.4 Å². The molecule has 0 spiro atoms. The highest BCUT2D eigenvalue weighted by atomic mass is 19.4. The van der Waals surface area contributed by atoms with Crippen molar-refractivity contribution in [1.82, 2.24) is 5.01 Å². The molecule has 6 nitrogen and oxygen atoms in total. The van der Waals surface area contributed by atoms with E-state index in [0.717, 1.165) is 0 Å². The summed E-state index contributed by atoms with van der Waals surface area (Å²) in [5.74, 6) is -0.305. The Morgan fingerprint density at radius 1 is 0.721 bits per heavy atom. The van der Waals surface area contributed by atoms with Crippen LogP contribution < -0.4 is 14.5 Å². The number of anilines is 1. The number of alkyl halides is 3. The minimum absolute atomic E-state index is 0.000729. The maximum Gasteiger partial charge on any atom is 0.503 e. The number of hydrogen-bond acceptors (Lipinski definition) is 6. The van der Waals surface area contributed by atoms with Gasteiger partial charge >= 0.3 is 18.2 Å². The molecule has 0 N–H and O–H groups in total. The number of halogens is 3. The summed E-state index contributed by atoms with van der Waals surface area (Å²) in [6, 6.07) is 20.3. The van der Waals surface area contributed by atoms with Crippen molar-refractivity contribution in [1.29, 1.82) is 0 Å². The Balaban J connectivity index is 1.83. The first kappa shape index (κ1) is 31.7. The van der Waals surface area contributed by atoms with Crippen LogP contribution in [0.4, 0.5) is 18.9 Å². The fourth-order valence-corrected chi connectivity index (χ4v) is 4.66. The number of nitrogens with zero attached hydrogens (tertiary/aromatic N) is 2. The monoisotopic (exact) mass is 594 g/mol. The van der Waals surface area contributed by atoms with Gasteiger partial charge in [-0.2, -0.15) is 5.01 Å². The molecule has 0 bridgehead atoms. The molecule has 0 saturated heterocycles. The Labute approximate surface area is 250 Å². The third-order valence-electron chi connectivity index (χ3n) is 6.92. The van der Waals surface area contributed by atoms with Gasteiger partial charge in [-0.25, -0.2) is 0 Å². The van der Waals surface area contributed by atoms with Crippen LogP contribution >= 0.6 is 0 Å². The Morgan fingerprint density at radius 3 is 1.60 bits per heavy atom. The van der Waals surface area contributed by atoms with E-state index in [9.17, 15) is 9.59 Å². The molecule has 3 aromatic carbocycles. The van der Waals surface area contributed by atoms with Crippen LogP contribution in [-0.4, -0.2) is 23.2 Å². The van der Waals surface area contributed by atoms with Crippen LogP contribution in [0.3, 0.4) is 0 Å². The minimum atomic E-state index is -4.78. The molecule has 3 aromatic rings. The molecule has 1 heterocycles. The maximum absolute atomic E-state index is 15.1. The van der Waals surface area contributed by atoms with Crippen molar-refractivity contribution in [3.05, 3.63) is 95.6 Å². The lowest BCUT2D eigenvalue weighted by molar-refractivity contribution is -0.224. The molecule has 0 radical (unpaired) electrons. The summed E-state index contributed by atoms with van der Waals surface area (Å²) in [7, 11) is 0. The van der Waals surface area contributed by atoms with Gasteiger partial charge in [-0.1, -0.05) is 37.3 Å². The standard InChI is InChI=1S/C34H37F3N2O4/c1-8-27-28(22-14-18-25(19-15-22)42-30(40)32(2,3)4)38(24-12-10-9-11-13-24)39(34(35,36)37)29(27)23-16-20-26(21-17-23)43-31(41)33(5,6)7/h9-21,28H,8H2,1-7H3. The highest BCUT2D eigenvalue weighted by Crippen LogP contribution is 2.51. The summed E-state index contributed by atoms with van der Waals surface area (Å²) in [5.41, 5.74) is 0.361. The van der Waals surface area contributed by atoms with Crippen LogP contribution in [0.1, 0.15) is 72.1 Å². The summed E-state index contributed by atoms with van der Waals surface area (Å²) in [4.78, 5) is 24.8. The van der Waals surface area contributed by atoms with E-state index in [1.165, 1.54) is 29.3 Å². The zero-order valence-electron chi connectivity index (χ0n) is 25.5. The van der Waals surface area contributed by atoms with Crippen molar-refractivity contribution in [2.75, 3.05) is 5.01 Å². The fraction of sp³-hybridized carbons (Fsp3) is 0.353. The molecule has 0 aliphatic carbocycles. The van der Waals surface area contributed by atoms with Crippen molar-refractivity contribution < 1.29 is 32.2 Å².